The van der Waals surface area contributed by atoms with Gasteiger partial charge in [-0.3, -0.25) is 0 Å². The predicted octanol–water partition coefficient (Wildman–Crippen LogP) is 2.93. The minimum atomic E-state index is 0.648. The van der Waals surface area contributed by atoms with Gasteiger partial charge in [-0.05, 0) is 52.0 Å². The minimum absolute atomic E-state index is 0.648. The van der Waals surface area contributed by atoms with Gasteiger partial charge >= 0.3 is 0 Å². The Balaban J connectivity index is 2.14. The Hall–Kier alpha value is -0.0800. The topological polar surface area (TPSA) is 24.1 Å². The van der Waals surface area contributed by atoms with Crippen LogP contribution in [0.1, 0.15) is 59.8 Å². The van der Waals surface area contributed by atoms with Crippen LogP contribution in [0.4, 0.5) is 0 Å². The molecule has 0 amide bonds. The van der Waals surface area contributed by atoms with Crippen molar-refractivity contribution in [3.8, 4) is 0 Å². The lowest BCUT2D eigenvalue weighted by molar-refractivity contribution is 0.355. The van der Waals surface area contributed by atoms with E-state index in [4.69, 9.17) is 0 Å². The largest absolute Gasteiger partial charge is 0.314 e. The zero-order valence-corrected chi connectivity index (χ0v) is 11.6. The molecule has 2 heteroatoms. The first-order valence-corrected chi connectivity index (χ1v) is 7.11. The zero-order chi connectivity index (χ0) is 12.0. The summed E-state index contributed by atoms with van der Waals surface area (Å²) < 4.78 is 0. The first-order chi connectivity index (χ1) is 7.61. The van der Waals surface area contributed by atoms with E-state index < -0.39 is 0 Å². The summed E-state index contributed by atoms with van der Waals surface area (Å²) in [5, 5.41) is 7.30. The zero-order valence-electron chi connectivity index (χ0n) is 11.6. The Morgan fingerprint density at radius 3 is 2.56 bits per heavy atom. The highest BCUT2D eigenvalue weighted by Crippen LogP contribution is 2.13. The lowest BCUT2D eigenvalue weighted by atomic mass is 9.99. The van der Waals surface area contributed by atoms with E-state index in [1.807, 2.05) is 0 Å². The van der Waals surface area contributed by atoms with E-state index in [9.17, 15) is 0 Å². The Labute approximate surface area is 102 Å². The molecule has 4 unspecified atom stereocenters. The van der Waals surface area contributed by atoms with Crippen molar-refractivity contribution >= 4 is 0 Å². The molecule has 1 rings (SSSR count). The second-order valence-electron chi connectivity index (χ2n) is 5.75. The standard InChI is InChI=1S/C14H30N2/c1-5-11(2)9-12(3)16-13(4)10-14-7-6-8-15-14/h11-16H,5-10H2,1-4H3. The van der Waals surface area contributed by atoms with Crippen molar-refractivity contribution in [2.24, 2.45) is 5.92 Å². The summed E-state index contributed by atoms with van der Waals surface area (Å²) in [6, 6.07) is 2.07. The quantitative estimate of drug-likeness (QED) is 0.697. The van der Waals surface area contributed by atoms with Crippen molar-refractivity contribution in [3.05, 3.63) is 0 Å². The Morgan fingerprint density at radius 2 is 2.00 bits per heavy atom. The van der Waals surface area contributed by atoms with Crippen LogP contribution in [-0.2, 0) is 0 Å². The van der Waals surface area contributed by atoms with Gasteiger partial charge < -0.3 is 10.6 Å². The number of hydrogen-bond donors (Lipinski definition) is 2. The van der Waals surface area contributed by atoms with E-state index in [1.165, 1.54) is 38.6 Å². The van der Waals surface area contributed by atoms with Gasteiger partial charge in [-0.2, -0.15) is 0 Å². The molecule has 4 atom stereocenters. The van der Waals surface area contributed by atoms with Crippen LogP contribution in [0.2, 0.25) is 0 Å². The molecule has 0 aliphatic carbocycles. The van der Waals surface area contributed by atoms with Crippen LogP contribution in [0.3, 0.4) is 0 Å². The van der Waals surface area contributed by atoms with Crippen molar-refractivity contribution in [2.45, 2.75) is 77.9 Å². The van der Waals surface area contributed by atoms with E-state index >= 15 is 0 Å². The van der Waals surface area contributed by atoms with Gasteiger partial charge in [0.1, 0.15) is 0 Å². The smallest absolute Gasteiger partial charge is 0.00822 e. The molecule has 1 heterocycles. The van der Waals surface area contributed by atoms with Gasteiger partial charge in [-0.25, -0.2) is 0 Å². The second kappa shape index (κ2) is 7.29. The normalized spacial score (nSPS) is 26.6. The third-order valence-corrected chi connectivity index (χ3v) is 3.82. The van der Waals surface area contributed by atoms with Crippen molar-refractivity contribution in [1.82, 2.24) is 10.6 Å². The molecule has 0 bridgehead atoms. The molecule has 1 aliphatic rings. The molecule has 2 nitrogen and oxygen atoms in total. The molecule has 0 spiro atoms. The predicted molar refractivity (Wildman–Crippen MR) is 71.8 cm³/mol. The van der Waals surface area contributed by atoms with Crippen LogP contribution < -0.4 is 10.6 Å². The van der Waals surface area contributed by atoms with Gasteiger partial charge in [0, 0.05) is 18.1 Å². The number of rotatable bonds is 7. The first kappa shape index (κ1) is 14.0. The Kier molecular flexibility index (Phi) is 6.37. The van der Waals surface area contributed by atoms with Crippen LogP contribution in [0.25, 0.3) is 0 Å². The molecule has 96 valence electrons. The van der Waals surface area contributed by atoms with Crippen molar-refractivity contribution in [2.75, 3.05) is 6.54 Å². The van der Waals surface area contributed by atoms with Crippen molar-refractivity contribution < 1.29 is 0 Å². The molecule has 1 fully saturated rings. The summed E-state index contributed by atoms with van der Waals surface area (Å²) in [4.78, 5) is 0. The molecular weight excluding hydrogens is 196 g/mol. The average Bonchev–Trinajstić information content (AvgIpc) is 2.69. The molecular formula is C14H30N2. The molecule has 0 aromatic heterocycles. The fourth-order valence-electron chi connectivity index (χ4n) is 2.78. The fourth-order valence-corrected chi connectivity index (χ4v) is 2.78. The van der Waals surface area contributed by atoms with E-state index in [-0.39, 0.29) is 0 Å². The van der Waals surface area contributed by atoms with Gasteiger partial charge in [0.25, 0.3) is 0 Å². The van der Waals surface area contributed by atoms with E-state index in [0.717, 1.165) is 12.0 Å². The molecule has 0 aromatic carbocycles. The number of hydrogen-bond acceptors (Lipinski definition) is 2. The molecule has 1 aliphatic heterocycles. The van der Waals surface area contributed by atoms with Crippen molar-refractivity contribution in [3.63, 3.8) is 0 Å². The van der Waals surface area contributed by atoms with Crippen molar-refractivity contribution in [1.29, 1.82) is 0 Å². The molecule has 1 saturated heterocycles. The third kappa shape index (κ3) is 5.31. The molecule has 2 N–H and O–H groups in total. The van der Waals surface area contributed by atoms with Crippen LogP contribution in [0.5, 0.6) is 0 Å². The molecule has 0 radical (unpaired) electrons. The SMILES string of the molecule is CCC(C)CC(C)NC(C)CC1CCCN1. The van der Waals surface area contributed by atoms with Gasteiger partial charge in [-0.1, -0.05) is 20.3 Å². The summed E-state index contributed by atoms with van der Waals surface area (Å²) in [5.74, 6) is 0.847. The lowest BCUT2D eigenvalue weighted by Gasteiger charge is -2.24. The second-order valence-corrected chi connectivity index (χ2v) is 5.75. The summed E-state index contributed by atoms with van der Waals surface area (Å²) >= 11 is 0. The fraction of sp³-hybridized carbons (Fsp3) is 1.00. The van der Waals surface area contributed by atoms with Crippen LogP contribution >= 0.6 is 0 Å². The van der Waals surface area contributed by atoms with Gasteiger partial charge in [0.05, 0.1) is 0 Å². The number of nitrogens with one attached hydrogen (secondary N) is 2. The summed E-state index contributed by atoms with van der Waals surface area (Å²) in [7, 11) is 0. The minimum Gasteiger partial charge on any atom is -0.314 e. The molecule has 0 saturated carbocycles. The van der Waals surface area contributed by atoms with Gasteiger partial charge in [0.2, 0.25) is 0 Å². The van der Waals surface area contributed by atoms with Crippen LogP contribution in [0.15, 0.2) is 0 Å². The highest BCUT2D eigenvalue weighted by molar-refractivity contribution is 4.80. The molecule has 0 aromatic rings. The summed E-state index contributed by atoms with van der Waals surface area (Å²) in [6.07, 6.45) is 6.61. The van der Waals surface area contributed by atoms with Crippen LogP contribution in [-0.4, -0.2) is 24.7 Å². The summed E-state index contributed by atoms with van der Waals surface area (Å²) in [6.45, 7) is 10.5. The maximum atomic E-state index is 3.73. The van der Waals surface area contributed by atoms with E-state index in [2.05, 4.69) is 38.3 Å². The maximum absolute atomic E-state index is 3.73. The van der Waals surface area contributed by atoms with E-state index in [1.54, 1.807) is 0 Å². The van der Waals surface area contributed by atoms with E-state index in [0.29, 0.717) is 12.1 Å². The first-order valence-electron chi connectivity index (χ1n) is 7.11. The monoisotopic (exact) mass is 226 g/mol. The Morgan fingerprint density at radius 1 is 1.25 bits per heavy atom. The maximum Gasteiger partial charge on any atom is 0.00822 e. The Bertz CT molecular complexity index is 176. The third-order valence-electron chi connectivity index (χ3n) is 3.82. The summed E-state index contributed by atoms with van der Waals surface area (Å²) in [5.41, 5.74) is 0. The highest BCUT2D eigenvalue weighted by Gasteiger charge is 2.18. The van der Waals surface area contributed by atoms with Gasteiger partial charge in [0.15, 0.2) is 0 Å². The lowest BCUT2D eigenvalue weighted by Crippen LogP contribution is -2.39. The van der Waals surface area contributed by atoms with Crippen LogP contribution in [0, 0.1) is 5.92 Å². The molecule has 16 heavy (non-hydrogen) atoms. The average molecular weight is 226 g/mol. The van der Waals surface area contributed by atoms with Gasteiger partial charge in [-0.15, -0.1) is 0 Å². The highest BCUT2D eigenvalue weighted by atomic mass is 15.0.